The first kappa shape index (κ1) is 33.4. The van der Waals surface area contributed by atoms with E-state index < -0.39 is 17.1 Å². The Labute approximate surface area is 288 Å². The highest BCUT2D eigenvalue weighted by atomic mass is 35.5. The molecule has 0 aliphatic carbocycles. The molecule has 0 fully saturated rings. The van der Waals surface area contributed by atoms with E-state index in [1.165, 1.54) is 0 Å². The maximum Gasteiger partial charge on any atom is 0.311 e. The Kier molecular flexibility index (Phi) is 9.17. The molecule has 246 valence electrons. The molecule has 6 aromatic rings. The maximum absolute atomic E-state index is 12.9. The van der Waals surface area contributed by atoms with Crippen molar-refractivity contribution < 1.29 is 14.3 Å². The molecule has 0 unspecified atom stereocenters. The highest BCUT2D eigenvalue weighted by Crippen LogP contribution is 2.45. The highest BCUT2D eigenvalue weighted by Gasteiger charge is 2.31. The minimum atomic E-state index is -0.644. The van der Waals surface area contributed by atoms with Crippen LogP contribution >= 0.6 is 22.9 Å². The molecule has 0 saturated carbocycles. The van der Waals surface area contributed by atoms with Gasteiger partial charge in [-0.15, -0.1) is 16.4 Å². The Morgan fingerprint density at radius 3 is 2.38 bits per heavy atom. The van der Waals surface area contributed by atoms with Gasteiger partial charge in [0, 0.05) is 33.5 Å². The van der Waals surface area contributed by atoms with Gasteiger partial charge in [0.2, 0.25) is 0 Å². The molecule has 0 bridgehead atoms. The average Bonchev–Trinajstić information content (AvgIpc) is 3.73. The standard InChI is InChI=1S/C37H37ClN6O3S/c1-21-17-28-32(48-34(40-28)25-15-16-39-27(19-25)23-9-8-10-24(18-23)33-41-43-44-42-33)31(22-11-13-26(38)14-12-22)30(21)29(47-37(5,6)7)20-46-35(45)36(2,3)4/h8-19,29H,20H2,1-7H3,(H,41,42,43,44)/t29-/m0/s1. The van der Waals surface area contributed by atoms with E-state index in [1.54, 1.807) is 17.5 Å². The van der Waals surface area contributed by atoms with Crippen molar-refractivity contribution in [1.29, 1.82) is 0 Å². The summed E-state index contributed by atoms with van der Waals surface area (Å²) in [5.74, 6) is 0.301. The molecule has 1 atom stereocenters. The van der Waals surface area contributed by atoms with Gasteiger partial charge in [0.25, 0.3) is 0 Å². The van der Waals surface area contributed by atoms with Crippen molar-refractivity contribution in [3.63, 3.8) is 0 Å². The molecule has 3 aromatic carbocycles. The second kappa shape index (κ2) is 13.2. The van der Waals surface area contributed by atoms with Gasteiger partial charge in [-0.1, -0.05) is 41.9 Å². The van der Waals surface area contributed by atoms with Gasteiger partial charge in [0.15, 0.2) is 5.82 Å². The number of tetrazole rings is 1. The lowest BCUT2D eigenvalue weighted by Gasteiger charge is -2.31. The minimum absolute atomic E-state index is 0.0723. The fraction of sp³-hybridized carbons (Fsp3) is 0.297. The number of aryl methyl sites for hydroxylation is 1. The third-order valence-electron chi connectivity index (χ3n) is 7.64. The number of aromatic amines is 1. The van der Waals surface area contributed by atoms with E-state index in [0.29, 0.717) is 10.8 Å². The van der Waals surface area contributed by atoms with Crippen molar-refractivity contribution in [2.75, 3.05) is 6.61 Å². The van der Waals surface area contributed by atoms with Gasteiger partial charge in [-0.3, -0.25) is 9.78 Å². The van der Waals surface area contributed by atoms with Crippen LogP contribution < -0.4 is 0 Å². The van der Waals surface area contributed by atoms with Gasteiger partial charge in [-0.2, -0.15) is 0 Å². The average molecular weight is 681 g/mol. The predicted molar refractivity (Wildman–Crippen MR) is 191 cm³/mol. The van der Waals surface area contributed by atoms with E-state index in [2.05, 4.69) is 38.6 Å². The van der Waals surface area contributed by atoms with Gasteiger partial charge in [-0.25, -0.2) is 10.1 Å². The predicted octanol–water partition coefficient (Wildman–Crippen LogP) is 9.28. The minimum Gasteiger partial charge on any atom is -0.462 e. The molecule has 0 saturated heterocycles. The number of benzene rings is 3. The molecule has 0 spiro atoms. The normalized spacial score (nSPS) is 12.8. The molecule has 0 aliphatic rings. The summed E-state index contributed by atoms with van der Waals surface area (Å²) in [6.45, 7) is 13.7. The van der Waals surface area contributed by atoms with Crippen molar-refractivity contribution in [3.8, 4) is 44.3 Å². The molecule has 0 amide bonds. The zero-order chi connectivity index (χ0) is 34.2. The van der Waals surface area contributed by atoms with Crippen LogP contribution in [0.15, 0.2) is 72.9 Å². The number of fused-ring (bicyclic) bond motifs is 1. The first-order valence-corrected chi connectivity index (χ1v) is 16.8. The quantitative estimate of drug-likeness (QED) is 0.158. The molecule has 3 aromatic heterocycles. The fourth-order valence-corrected chi connectivity index (χ4v) is 6.70. The first-order chi connectivity index (χ1) is 22.8. The molecule has 48 heavy (non-hydrogen) atoms. The molecule has 0 aliphatic heterocycles. The number of hydrogen-bond donors (Lipinski definition) is 1. The number of nitrogens with one attached hydrogen (secondary N) is 1. The number of pyridine rings is 1. The largest absolute Gasteiger partial charge is 0.462 e. The van der Waals surface area contributed by atoms with E-state index >= 15 is 0 Å². The van der Waals surface area contributed by atoms with E-state index in [1.807, 2.05) is 102 Å². The van der Waals surface area contributed by atoms with Crippen LogP contribution in [0, 0.1) is 12.3 Å². The Hall–Kier alpha value is -4.51. The number of nitrogens with zero attached hydrogens (tertiary/aromatic N) is 5. The highest BCUT2D eigenvalue weighted by molar-refractivity contribution is 7.22. The van der Waals surface area contributed by atoms with E-state index in [9.17, 15) is 4.79 Å². The molecule has 1 N–H and O–H groups in total. The summed E-state index contributed by atoms with van der Waals surface area (Å²) < 4.78 is 13.5. The zero-order valence-corrected chi connectivity index (χ0v) is 29.5. The number of carbonyl (C=O) groups excluding carboxylic acids is 1. The number of ether oxygens (including phenoxy) is 2. The number of hydrogen-bond acceptors (Lipinski definition) is 9. The molecule has 9 nitrogen and oxygen atoms in total. The number of aromatic nitrogens is 6. The number of H-pyrrole nitrogens is 1. The van der Waals surface area contributed by atoms with Crippen LogP contribution in [0.2, 0.25) is 5.02 Å². The third kappa shape index (κ3) is 7.31. The van der Waals surface area contributed by atoms with Gasteiger partial charge in [0.1, 0.15) is 17.7 Å². The molecular formula is C37H37ClN6O3S. The topological polar surface area (TPSA) is 116 Å². The van der Waals surface area contributed by atoms with Gasteiger partial charge >= 0.3 is 5.97 Å². The van der Waals surface area contributed by atoms with E-state index in [4.69, 9.17) is 26.1 Å². The van der Waals surface area contributed by atoms with Gasteiger partial charge < -0.3 is 9.47 Å². The molecule has 3 heterocycles. The Morgan fingerprint density at radius 2 is 1.69 bits per heavy atom. The molecule has 11 heteroatoms. The van der Waals surface area contributed by atoms with Crippen LogP contribution in [0.1, 0.15) is 58.8 Å². The Bertz CT molecular complexity index is 2080. The third-order valence-corrected chi connectivity index (χ3v) is 9.03. The van der Waals surface area contributed by atoms with Crippen LogP contribution in [0.3, 0.4) is 0 Å². The number of esters is 1. The SMILES string of the molecule is Cc1cc2nc(-c3ccnc(-c4cccc(-c5nnn[nH]5)c4)c3)sc2c(-c2ccc(Cl)cc2)c1[C@H](COC(=O)C(C)(C)C)OC(C)(C)C. The van der Waals surface area contributed by atoms with Crippen LogP contribution in [0.4, 0.5) is 0 Å². The number of rotatable bonds is 8. The number of carbonyl (C=O) groups is 1. The second-order valence-electron chi connectivity index (χ2n) is 13.7. The molecule has 6 rings (SSSR count). The summed E-state index contributed by atoms with van der Waals surface area (Å²) in [4.78, 5) is 22.7. The summed E-state index contributed by atoms with van der Waals surface area (Å²) >= 11 is 7.95. The zero-order valence-electron chi connectivity index (χ0n) is 28.0. The van der Waals surface area contributed by atoms with Crippen LogP contribution in [0.25, 0.3) is 54.6 Å². The number of halogens is 1. The van der Waals surface area contributed by atoms with Crippen molar-refractivity contribution in [2.24, 2.45) is 5.41 Å². The lowest BCUT2D eigenvalue weighted by atomic mass is 9.91. The molecule has 0 radical (unpaired) electrons. The summed E-state index contributed by atoms with van der Waals surface area (Å²) in [5.41, 5.74) is 7.13. The Balaban J connectivity index is 1.48. The van der Waals surface area contributed by atoms with Gasteiger partial charge in [-0.05, 0) is 112 Å². The maximum atomic E-state index is 12.9. The molecular weight excluding hydrogens is 644 g/mol. The van der Waals surface area contributed by atoms with E-state index in [-0.39, 0.29) is 12.6 Å². The summed E-state index contributed by atoms with van der Waals surface area (Å²) in [6.07, 6.45) is 1.27. The van der Waals surface area contributed by atoms with Crippen molar-refractivity contribution >= 4 is 39.1 Å². The van der Waals surface area contributed by atoms with Crippen LogP contribution in [-0.4, -0.2) is 48.8 Å². The second-order valence-corrected chi connectivity index (χ2v) is 15.1. The summed E-state index contributed by atoms with van der Waals surface area (Å²) in [7, 11) is 0. The lowest BCUT2D eigenvalue weighted by Crippen LogP contribution is -2.30. The fourth-order valence-electron chi connectivity index (χ4n) is 5.45. The summed E-state index contributed by atoms with van der Waals surface area (Å²) in [6, 6.07) is 21.8. The van der Waals surface area contributed by atoms with Crippen LogP contribution in [0.5, 0.6) is 0 Å². The van der Waals surface area contributed by atoms with Crippen molar-refractivity contribution in [3.05, 3.63) is 89.1 Å². The van der Waals surface area contributed by atoms with Gasteiger partial charge in [0.05, 0.1) is 26.9 Å². The van der Waals surface area contributed by atoms with Crippen molar-refractivity contribution in [1.82, 2.24) is 30.6 Å². The first-order valence-electron chi connectivity index (χ1n) is 15.6. The van der Waals surface area contributed by atoms with E-state index in [0.717, 1.165) is 59.9 Å². The van der Waals surface area contributed by atoms with Crippen LogP contribution in [-0.2, 0) is 14.3 Å². The van der Waals surface area contributed by atoms with Crippen molar-refractivity contribution in [2.45, 2.75) is 60.2 Å². The Morgan fingerprint density at radius 1 is 0.938 bits per heavy atom. The number of thiazole rings is 1. The monoisotopic (exact) mass is 680 g/mol. The lowest BCUT2D eigenvalue weighted by molar-refractivity contribution is -0.162. The summed E-state index contributed by atoms with van der Waals surface area (Å²) in [5, 5.41) is 15.7. The smallest absolute Gasteiger partial charge is 0.311 e.